The predicted molar refractivity (Wildman–Crippen MR) is 85.1 cm³/mol. The summed E-state index contributed by atoms with van der Waals surface area (Å²) in [5.74, 6) is 2.04. The molecule has 1 atom stereocenters. The molecule has 6 nitrogen and oxygen atoms in total. The first kappa shape index (κ1) is 16.2. The van der Waals surface area contributed by atoms with E-state index in [1.54, 1.807) is 32.0 Å². The van der Waals surface area contributed by atoms with Crippen molar-refractivity contribution in [3.63, 3.8) is 0 Å². The second-order valence-electron chi connectivity index (χ2n) is 4.66. The van der Waals surface area contributed by atoms with Gasteiger partial charge in [0.2, 0.25) is 5.16 Å². The van der Waals surface area contributed by atoms with Crippen molar-refractivity contribution >= 4 is 11.8 Å². The van der Waals surface area contributed by atoms with E-state index < -0.39 is 0 Å². The third-order valence-electron chi connectivity index (χ3n) is 3.10. The third kappa shape index (κ3) is 3.92. The molecule has 1 N–H and O–H groups in total. The first-order chi connectivity index (χ1) is 10.7. The molecule has 1 heterocycles. The molecule has 0 fully saturated rings. The van der Waals surface area contributed by atoms with Crippen LogP contribution in [0.15, 0.2) is 23.4 Å². The normalized spacial score (nSPS) is 11.7. The van der Waals surface area contributed by atoms with E-state index in [0.717, 1.165) is 17.7 Å². The van der Waals surface area contributed by atoms with Gasteiger partial charge in [-0.25, -0.2) is 4.98 Å². The van der Waals surface area contributed by atoms with Gasteiger partial charge in [-0.2, -0.15) is 5.26 Å². The standard InChI is InChI=1S/C15H18N4O2S/c1-10(5-4-8-16)22-15-17-14(18-19-15)12-7-6-11(20-2)9-13(12)21-3/h6-7,9-10H,4-5H2,1-3H3,(H,17,18,19). The Morgan fingerprint density at radius 3 is 2.86 bits per heavy atom. The van der Waals surface area contributed by atoms with Gasteiger partial charge in [-0.1, -0.05) is 18.7 Å². The number of thioether (sulfide) groups is 1. The Morgan fingerprint density at radius 2 is 2.18 bits per heavy atom. The molecule has 0 bridgehead atoms. The number of aromatic nitrogens is 3. The second kappa shape index (κ2) is 7.71. The molecule has 1 aromatic heterocycles. The Labute approximate surface area is 133 Å². The molecule has 0 aliphatic rings. The third-order valence-corrected chi connectivity index (χ3v) is 4.13. The first-order valence-corrected chi connectivity index (χ1v) is 7.74. The van der Waals surface area contributed by atoms with Gasteiger partial charge in [-0.05, 0) is 18.6 Å². The molecule has 0 radical (unpaired) electrons. The largest absolute Gasteiger partial charge is 0.497 e. The summed E-state index contributed by atoms with van der Waals surface area (Å²) < 4.78 is 10.6. The zero-order chi connectivity index (χ0) is 15.9. The predicted octanol–water partition coefficient (Wildman–Crippen LogP) is 3.27. The zero-order valence-electron chi connectivity index (χ0n) is 12.8. The van der Waals surface area contributed by atoms with Crippen LogP contribution in [0.2, 0.25) is 0 Å². The second-order valence-corrected chi connectivity index (χ2v) is 6.06. The smallest absolute Gasteiger partial charge is 0.209 e. The summed E-state index contributed by atoms with van der Waals surface area (Å²) in [5, 5.41) is 16.7. The molecule has 116 valence electrons. The molecule has 0 saturated carbocycles. The molecule has 22 heavy (non-hydrogen) atoms. The Kier molecular flexibility index (Phi) is 5.67. The lowest BCUT2D eigenvalue weighted by molar-refractivity contribution is 0.395. The number of hydrogen-bond donors (Lipinski definition) is 1. The number of rotatable bonds is 7. The summed E-state index contributed by atoms with van der Waals surface area (Å²) in [7, 11) is 3.22. The van der Waals surface area contributed by atoms with Crippen molar-refractivity contribution in [2.75, 3.05) is 14.2 Å². The molecule has 2 aromatic rings. The van der Waals surface area contributed by atoms with E-state index in [1.807, 2.05) is 12.1 Å². The van der Waals surface area contributed by atoms with Crippen LogP contribution in [0.5, 0.6) is 11.5 Å². The summed E-state index contributed by atoms with van der Waals surface area (Å²) in [6.45, 7) is 2.06. The maximum Gasteiger partial charge on any atom is 0.209 e. The van der Waals surface area contributed by atoms with E-state index in [4.69, 9.17) is 14.7 Å². The SMILES string of the molecule is COc1ccc(-c2nc(SC(C)CCC#N)n[nH]2)c(OC)c1. The van der Waals surface area contributed by atoms with Gasteiger partial charge in [0.25, 0.3) is 0 Å². The number of ether oxygens (including phenoxy) is 2. The first-order valence-electron chi connectivity index (χ1n) is 6.86. The van der Waals surface area contributed by atoms with Crippen molar-refractivity contribution in [2.24, 2.45) is 0 Å². The fourth-order valence-electron chi connectivity index (χ4n) is 1.92. The number of benzene rings is 1. The quantitative estimate of drug-likeness (QED) is 0.789. The Hall–Kier alpha value is -2.20. The van der Waals surface area contributed by atoms with Crippen LogP contribution >= 0.6 is 11.8 Å². The van der Waals surface area contributed by atoms with Crippen molar-refractivity contribution in [2.45, 2.75) is 30.2 Å². The van der Waals surface area contributed by atoms with E-state index in [-0.39, 0.29) is 0 Å². The minimum atomic E-state index is 0.293. The van der Waals surface area contributed by atoms with Crippen molar-refractivity contribution in [3.05, 3.63) is 18.2 Å². The molecule has 0 saturated heterocycles. The monoisotopic (exact) mass is 318 g/mol. The highest BCUT2D eigenvalue weighted by molar-refractivity contribution is 7.99. The van der Waals surface area contributed by atoms with E-state index in [2.05, 4.69) is 28.2 Å². The fraction of sp³-hybridized carbons (Fsp3) is 0.400. The molecule has 0 aliphatic carbocycles. The molecular formula is C15H18N4O2S. The van der Waals surface area contributed by atoms with E-state index in [1.165, 1.54) is 0 Å². The number of methoxy groups -OCH3 is 2. The number of nitriles is 1. The Morgan fingerprint density at radius 1 is 1.36 bits per heavy atom. The molecule has 1 unspecified atom stereocenters. The topological polar surface area (TPSA) is 83.8 Å². The Balaban J connectivity index is 2.16. The van der Waals surface area contributed by atoms with Crippen LogP contribution in [-0.2, 0) is 0 Å². The molecule has 1 aromatic carbocycles. The highest BCUT2D eigenvalue weighted by Gasteiger charge is 2.14. The van der Waals surface area contributed by atoms with Crippen molar-refractivity contribution in [1.29, 1.82) is 5.26 Å². The maximum atomic E-state index is 8.61. The van der Waals surface area contributed by atoms with Gasteiger partial charge in [-0.3, -0.25) is 5.10 Å². The Bertz CT molecular complexity index is 666. The van der Waals surface area contributed by atoms with Crippen LogP contribution in [-0.4, -0.2) is 34.7 Å². The number of hydrogen-bond acceptors (Lipinski definition) is 6. The van der Waals surface area contributed by atoms with Gasteiger partial charge in [0, 0.05) is 17.7 Å². The number of aromatic amines is 1. The van der Waals surface area contributed by atoms with E-state index in [9.17, 15) is 0 Å². The maximum absolute atomic E-state index is 8.61. The summed E-state index contributed by atoms with van der Waals surface area (Å²) in [6, 6.07) is 7.69. The van der Waals surface area contributed by atoms with Gasteiger partial charge < -0.3 is 9.47 Å². The van der Waals surface area contributed by atoms with Crippen LogP contribution in [0.3, 0.4) is 0 Å². The highest BCUT2D eigenvalue weighted by Crippen LogP contribution is 2.32. The van der Waals surface area contributed by atoms with Crippen molar-refractivity contribution < 1.29 is 9.47 Å². The minimum Gasteiger partial charge on any atom is -0.497 e. The summed E-state index contributed by atoms with van der Waals surface area (Å²) in [6.07, 6.45) is 1.36. The van der Waals surface area contributed by atoms with Crippen LogP contribution in [0, 0.1) is 11.3 Å². The number of H-pyrrole nitrogens is 1. The minimum absolute atomic E-state index is 0.293. The average molecular weight is 318 g/mol. The van der Waals surface area contributed by atoms with Crippen molar-refractivity contribution in [3.8, 4) is 29.0 Å². The van der Waals surface area contributed by atoms with Gasteiger partial charge in [0.05, 0.1) is 25.9 Å². The molecule has 2 rings (SSSR count). The van der Waals surface area contributed by atoms with Gasteiger partial charge >= 0.3 is 0 Å². The lowest BCUT2D eigenvalue weighted by Crippen LogP contribution is -1.95. The highest BCUT2D eigenvalue weighted by atomic mass is 32.2. The van der Waals surface area contributed by atoms with Gasteiger partial charge in [0.1, 0.15) is 11.5 Å². The van der Waals surface area contributed by atoms with Crippen LogP contribution in [0.4, 0.5) is 0 Å². The summed E-state index contributed by atoms with van der Waals surface area (Å²) in [4.78, 5) is 4.49. The van der Waals surface area contributed by atoms with Gasteiger partial charge in [-0.15, -0.1) is 5.10 Å². The number of nitrogens with one attached hydrogen (secondary N) is 1. The molecule has 0 aliphatic heterocycles. The zero-order valence-corrected chi connectivity index (χ0v) is 13.6. The molecule has 0 spiro atoms. The van der Waals surface area contributed by atoms with Crippen LogP contribution in [0.25, 0.3) is 11.4 Å². The lowest BCUT2D eigenvalue weighted by atomic mass is 10.2. The molecule has 0 amide bonds. The van der Waals surface area contributed by atoms with E-state index in [0.29, 0.717) is 28.4 Å². The average Bonchev–Trinajstić information content (AvgIpc) is 3.00. The summed E-state index contributed by atoms with van der Waals surface area (Å²) in [5.41, 5.74) is 0.826. The lowest BCUT2D eigenvalue weighted by Gasteiger charge is -2.08. The van der Waals surface area contributed by atoms with Crippen LogP contribution < -0.4 is 9.47 Å². The van der Waals surface area contributed by atoms with E-state index >= 15 is 0 Å². The van der Waals surface area contributed by atoms with Crippen molar-refractivity contribution in [1.82, 2.24) is 15.2 Å². The van der Waals surface area contributed by atoms with Gasteiger partial charge in [0.15, 0.2) is 5.82 Å². The number of nitrogens with zero attached hydrogens (tertiary/aromatic N) is 3. The molecular weight excluding hydrogens is 300 g/mol. The summed E-state index contributed by atoms with van der Waals surface area (Å²) >= 11 is 1.55. The molecule has 7 heteroatoms. The fourth-order valence-corrected chi connectivity index (χ4v) is 2.76. The van der Waals surface area contributed by atoms with Crippen LogP contribution in [0.1, 0.15) is 19.8 Å².